The van der Waals surface area contributed by atoms with E-state index in [1.54, 1.807) is 18.2 Å². The second-order valence-electron chi connectivity index (χ2n) is 5.60. The van der Waals surface area contributed by atoms with Gasteiger partial charge in [-0.2, -0.15) is 5.26 Å². The summed E-state index contributed by atoms with van der Waals surface area (Å²) >= 11 is 0. The van der Waals surface area contributed by atoms with Crippen molar-refractivity contribution >= 4 is 11.9 Å². The van der Waals surface area contributed by atoms with Gasteiger partial charge >= 0.3 is 0 Å². The van der Waals surface area contributed by atoms with Gasteiger partial charge in [-0.3, -0.25) is 4.79 Å². The highest BCUT2D eigenvalue weighted by Crippen LogP contribution is 2.17. The molecule has 0 spiro atoms. The van der Waals surface area contributed by atoms with Crippen molar-refractivity contribution in [3.63, 3.8) is 0 Å². The van der Waals surface area contributed by atoms with Crippen LogP contribution in [-0.4, -0.2) is 11.9 Å². The number of aryl methyl sites for hydroxylation is 1. The van der Waals surface area contributed by atoms with Gasteiger partial charge in [-0.25, -0.2) is 0 Å². The van der Waals surface area contributed by atoms with Gasteiger partial charge in [0.25, 0.3) is 0 Å². The van der Waals surface area contributed by atoms with Crippen molar-refractivity contribution in [1.82, 2.24) is 0 Å². The van der Waals surface area contributed by atoms with Crippen molar-refractivity contribution in [3.05, 3.63) is 70.8 Å². The maximum atomic E-state index is 12.4. The van der Waals surface area contributed by atoms with E-state index in [-0.39, 0.29) is 17.5 Å². The van der Waals surface area contributed by atoms with Gasteiger partial charge in [0.2, 0.25) is 5.78 Å². The molecule has 0 amide bonds. The van der Waals surface area contributed by atoms with Gasteiger partial charge in [-0.05, 0) is 50.6 Å². The molecule has 0 heterocycles. The average Bonchev–Trinajstić information content (AvgIpc) is 2.53. The lowest BCUT2D eigenvalue weighted by Crippen LogP contribution is -2.05. The van der Waals surface area contributed by atoms with Gasteiger partial charge in [0.1, 0.15) is 17.4 Å². The van der Waals surface area contributed by atoms with Crippen LogP contribution >= 0.6 is 0 Å². The summed E-state index contributed by atoms with van der Waals surface area (Å²) in [7, 11) is 0. The summed E-state index contributed by atoms with van der Waals surface area (Å²) in [6.07, 6.45) is 1.71. The number of ketones is 1. The van der Waals surface area contributed by atoms with E-state index in [4.69, 9.17) is 4.74 Å². The number of carbonyl (C=O) groups excluding carboxylic acids is 1. The lowest BCUT2D eigenvalue weighted by atomic mass is 10.0. The van der Waals surface area contributed by atoms with Crippen molar-refractivity contribution in [2.24, 2.45) is 0 Å². The van der Waals surface area contributed by atoms with Crippen LogP contribution in [0, 0.1) is 18.3 Å². The zero-order valence-corrected chi connectivity index (χ0v) is 13.5. The summed E-state index contributed by atoms with van der Waals surface area (Å²) in [6, 6.07) is 16.6. The molecule has 0 aliphatic carbocycles. The van der Waals surface area contributed by atoms with Gasteiger partial charge in [-0.15, -0.1) is 0 Å². The van der Waals surface area contributed by atoms with Crippen LogP contribution in [0.15, 0.2) is 54.1 Å². The van der Waals surface area contributed by atoms with E-state index in [1.165, 1.54) is 0 Å². The first-order valence-electron chi connectivity index (χ1n) is 7.49. The van der Waals surface area contributed by atoms with Crippen LogP contribution in [0.3, 0.4) is 0 Å². The van der Waals surface area contributed by atoms with Crippen LogP contribution < -0.4 is 4.74 Å². The second kappa shape index (κ2) is 7.42. The molecule has 23 heavy (non-hydrogen) atoms. The number of Topliss-reactive ketones (excluding diaryl/α,β-unsaturated/α-hetero) is 1. The highest BCUT2D eigenvalue weighted by atomic mass is 16.5. The van der Waals surface area contributed by atoms with E-state index in [9.17, 15) is 10.1 Å². The predicted molar refractivity (Wildman–Crippen MR) is 91.3 cm³/mol. The Hall–Kier alpha value is -2.86. The summed E-state index contributed by atoms with van der Waals surface area (Å²) in [5, 5.41) is 9.30. The third-order valence-electron chi connectivity index (χ3n) is 3.21. The molecule has 0 bridgehead atoms. The monoisotopic (exact) mass is 305 g/mol. The van der Waals surface area contributed by atoms with Crippen molar-refractivity contribution < 1.29 is 9.53 Å². The van der Waals surface area contributed by atoms with E-state index in [1.807, 2.05) is 63.2 Å². The Balaban J connectivity index is 2.25. The Bertz CT molecular complexity index is 765. The number of nitrogens with zero attached hydrogens (tertiary/aromatic N) is 1. The van der Waals surface area contributed by atoms with E-state index >= 15 is 0 Å². The van der Waals surface area contributed by atoms with E-state index < -0.39 is 0 Å². The molecule has 2 rings (SSSR count). The molecule has 0 radical (unpaired) electrons. The number of carbonyl (C=O) groups is 1. The minimum absolute atomic E-state index is 0.106. The lowest BCUT2D eigenvalue weighted by molar-refractivity contribution is 0.104. The smallest absolute Gasteiger partial charge is 0.203 e. The summed E-state index contributed by atoms with van der Waals surface area (Å²) in [5.74, 6) is 0.499. The molecule has 0 unspecified atom stereocenters. The molecule has 3 heteroatoms. The fraction of sp³-hybridized carbons (Fsp3) is 0.200. The molecule has 0 aliphatic heterocycles. The number of ether oxygens (including phenoxy) is 1. The summed E-state index contributed by atoms with van der Waals surface area (Å²) in [6.45, 7) is 5.84. The summed E-state index contributed by atoms with van der Waals surface area (Å²) in [5.41, 5.74) is 2.42. The molecule has 0 aromatic heterocycles. The molecule has 3 nitrogen and oxygen atoms in total. The number of allylic oxidation sites excluding steroid dienone is 1. The Morgan fingerprint density at radius 2 is 1.87 bits per heavy atom. The number of nitriles is 1. The van der Waals surface area contributed by atoms with Crippen LogP contribution in [0.25, 0.3) is 6.08 Å². The van der Waals surface area contributed by atoms with Crippen LogP contribution in [0.4, 0.5) is 0 Å². The first-order valence-corrected chi connectivity index (χ1v) is 7.49. The van der Waals surface area contributed by atoms with E-state index in [2.05, 4.69) is 0 Å². The van der Waals surface area contributed by atoms with E-state index in [0.717, 1.165) is 16.9 Å². The minimum atomic E-state index is -0.265. The second-order valence-corrected chi connectivity index (χ2v) is 5.60. The third kappa shape index (κ3) is 4.55. The molecule has 2 aromatic carbocycles. The van der Waals surface area contributed by atoms with Gasteiger partial charge < -0.3 is 4.74 Å². The minimum Gasteiger partial charge on any atom is -0.491 e. The zero-order chi connectivity index (χ0) is 16.8. The molecular formula is C20H19NO2. The molecule has 0 saturated heterocycles. The fourth-order valence-electron chi connectivity index (χ4n) is 2.17. The third-order valence-corrected chi connectivity index (χ3v) is 3.21. The molecule has 0 fully saturated rings. The highest BCUT2D eigenvalue weighted by Gasteiger charge is 2.12. The van der Waals surface area contributed by atoms with Crippen molar-refractivity contribution in [2.45, 2.75) is 26.9 Å². The highest BCUT2D eigenvalue weighted by molar-refractivity contribution is 6.14. The van der Waals surface area contributed by atoms with Crippen LogP contribution in [0.1, 0.15) is 35.3 Å². The quantitative estimate of drug-likeness (QED) is 0.462. The number of hydrogen-bond donors (Lipinski definition) is 0. The standard InChI is InChI=1S/C20H19NO2/c1-14(2)23-19-9-7-16(8-10-19)12-18(13-21)20(22)17-6-4-5-15(3)11-17/h4-12,14H,1-3H3/b18-12+. The molecule has 116 valence electrons. The SMILES string of the molecule is Cc1cccc(C(=O)/C(C#N)=C/c2ccc(OC(C)C)cc2)c1. The lowest BCUT2D eigenvalue weighted by Gasteiger charge is -2.09. The maximum absolute atomic E-state index is 12.4. The van der Waals surface area contributed by atoms with Crippen LogP contribution in [0.2, 0.25) is 0 Å². The zero-order valence-electron chi connectivity index (χ0n) is 13.5. The normalized spacial score (nSPS) is 11.2. The molecule has 0 atom stereocenters. The van der Waals surface area contributed by atoms with Gasteiger partial charge in [0, 0.05) is 5.56 Å². The first-order chi connectivity index (χ1) is 11.0. The number of rotatable bonds is 5. The summed E-state index contributed by atoms with van der Waals surface area (Å²) < 4.78 is 5.58. The largest absolute Gasteiger partial charge is 0.491 e. The molecular weight excluding hydrogens is 286 g/mol. The fourth-order valence-corrected chi connectivity index (χ4v) is 2.17. The molecule has 0 saturated carbocycles. The topological polar surface area (TPSA) is 50.1 Å². The number of benzene rings is 2. The molecule has 0 N–H and O–H groups in total. The van der Waals surface area contributed by atoms with Crippen LogP contribution in [0.5, 0.6) is 5.75 Å². The Kier molecular flexibility index (Phi) is 5.32. The van der Waals surface area contributed by atoms with Crippen molar-refractivity contribution in [1.29, 1.82) is 5.26 Å². The van der Waals surface area contributed by atoms with Crippen molar-refractivity contribution in [2.75, 3.05) is 0 Å². The maximum Gasteiger partial charge on any atom is 0.203 e. The predicted octanol–water partition coefficient (Wildman–Crippen LogP) is 4.57. The average molecular weight is 305 g/mol. The Morgan fingerprint density at radius 1 is 1.17 bits per heavy atom. The summed E-state index contributed by atoms with van der Waals surface area (Å²) in [4.78, 5) is 12.4. The Morgan fingerprint density at radius 3 is 2.43 bits per heavy atom. The van der Waals surface area contributed by atoms with Crippen LogP contribution in [-0.2, 0) is 0 Å². The first kappa shape index (κ1) is 16.5. The number of hydrogen-bond acceptors (Lipinski definition) is 3. The molecule has 0 aliphatic rings. The molecule has 2 aromatic rings. The Labute approximate surface area is 136 Å². The van der Waals surface area contributed by atoms with Crippen molar-refractivity contribution in [3.8, 4) is 11.8 Å². The van der Waals surface area contributed by atoms with Gasteiger partial charge in [-0.1, -0.05) is 35.9 Å². The van der Waals surface area contributed by atoms with Gasteiger partial charge in [0.15, 0.2) is 0 Å². The van der Waals surface area contributed by atoms with Gasteiger partial charge in [0.05, 0.1) is 6.10 Å². The van der Waals surface area contributed by atoms with E-state index in [0.29, 0.717) is 5.56 Å².